The van der Waals surface area contributed by atoms with E-state index in [0.29, 0.717) is 13.2 Å². The largest absolute Gasteiger partial charge is 0.488 e. The molecule has 0 bridgehead atoms. The summed E-state index contributed by atoms with van der Waals surface area (Å²) in [6.07, 6.45) is 1.70. The summed E-state index contributed by atoms with van der Waals surface area (Å²) >= 11 is 3.36. The molecule has 1 aliphatic heterocycles. The highest BCUT2D eigenvalue weighted by Gasteiger charge is 2.29. The molecule has 2 aromatic rings. The highest BCUT2D eigenvalue weighted by molar-refractivity contribution is 9.10. The van der Waals surface area contributed by atoms with E-state index in [4.69, 9.17) is 4.74 Å². The Kier molecular flexibility index (Phi) is 6.03. The molecule has 0 aliphatic carbocycles. The number of benzene rings is 2. The molecule has 1 amide bonds. The summed E-state index contributed by atoms with van der Waals surface area (Å²) in [4.78, 5) is 11.2. The molecule has 2 atom stereocenters. The normalized spacial score (nSPS) is 20.3. The minimum Gasteiger partial charge on any atom is -0.488 e. The number of nitrogens with one attached hydrogen (secondary N) is 3. The van der Waals surface area contributed by atoms with E-state index < -0.39 is 0 Å². The van der Waals surface area contributed by atoms with Crippen molar-refractivity contribution in [3.8, 4) is 5.75 Å². The fraction of sp³-hybridized carbons (Fsp3) is 0.222. The minimum absolute atomic E-state index is 0.120. The monoisotopic (exact) mass is 402 g/mol. The SMILES string of the molecule is O=C1NNCC(N/N=C\c2ccccc2OCc2ccccc2)C1Br. The van der Waals surface area contributed by atoms with Gasteiger partial charge in [0.25, 0.3) is 0 Å². The minimum atomic E-state index is -0.338. The lowest BCUT2D eigenvalue weighted by Crippen LogP contribution is -2.59. The molecule has 2 unspecified atom stereocenters. The van der Waals surface area contributed by atoms with Gasteiger partial charge in [-0.25, -0.2) is 5.43 Å². The summed E-state index contributed by atoms with van der Waals surface area (Å²) in [7, 11) is 0. The van der Waals surface area contributed by atoms with E-state index in [0.717, 1.165) is 16.9 Å². The van der Waals surface area contributed by atoms with Crippen LogP contribution in [0.15, 0.2) is 59.7 Å². The van der Waals surface area contributed by atoms with Crippen LogP contribution in [0.25, 0.3) is 0 Å². The number of hydrogen-bond donors (Lipinski definition) is 3. The number of nitrogens with zero attached hydrogens (tertiary/aromatic N) is 1. The van der Waals surface area contributed by atoms with Gasteiger partial charge >= 0.3 is 0 Å². The van der Waals surface area contributed by atoms with Crippen molar-refractivity contribution in [3.05, 3.63) is 65.7 Å². The van der Waals surface area contributed by atoms with Crippen LogP contribution in [0.3, 0.4) is 0 Å². The van der Waals surface area contributed by atoms with Gasteiger partial charge in [0.1, 0.15) is 17.2 Å². The number of hydrazine groups is 1. The number of amides is 1. The van der Waals surface area contributed by atoms with Crippen molar-refractivity contribution in [2.24, 2.45) is 5.10 Å². The number of halogens is 1. The van der Waals surface area contributed by atoms with Crippen LogP contribution in [-0.2, 0) is 11.4 Å². The molecule has 2 aromatic carbocycles. The average molecular weight is 403 g/mol. The molecule has 1 heterocycles. The standard InChI is InChI=1S/C18H19BrN4O2/c19-17-15(11-21-23-18(17)24)22-20-10-14-8-4-5-9-16(14)25-12-13-6-2-1-3-7-13/h1-10,15,17,21-22H,11-12H2,(H,23,24)/b20-10-. The van der Waals surface area contributed by atoms with Gasteiger partial charge in [0, 0.05) is 12.1 Å². The second kappa shape index (κ2) is 8.64. The van der Waals surface area contributed by atoms with Crippen molar-refractivity contribution in [2.75, 3.05) is 6.54 Å². The molecule has 1 saturated heterocycles. The van der Waals surface area contributed by atoms with Crippen LogP contribution in [0.5, 0.6) is 5.75 Å². The van der Waals surface area contributed by atoms with Crippen LogP contribution < -0.4 is 21.0 Å². The summed E-state index contributed by atoms with van der Waals surface area (Å²) in [6.45, 7) is 1.07. The van der Waals surface area contributed by atoms with Crippen molar-refractivity contribution in [3.63, 3.8) is 0 Å². The van der Waals surface area contributed by atoms with Gasteiger partial charge in [-0.1, -0.05) is 58.4 Å². The highest BCUT2D eigenvalue weighted by Crippen LogP contribution is 2.17. The molecule has 0 radical (unpaired) electrons. The first kappa shape index (κ1) is 17.4. The molecule has 1 aliphatic rings. The van der Waals surface area contributed by atoms with Crippen molar-refractivity contribution in [1.29, 1.82) is 0 Å². The molecule has 7 heteroatoms. The Labute approximate surface area is 154 Å². The Bertz CT molecular complexity index is 739. The smallest absolute Gasteiger partial charge is 0.250 e. The number of carbonyl (C=O) groups is 1. The molecule has 130 valence electrons. The van der Waals surface area contributed by atoms with Crippen molar-refractivity contribution >= 4 is 28.1 Å². The average Bonchev–Trinajstić information content (AvgIpc) is 2.65. The lowest BCUT2D eigenvalue weighted by Gasteiger charge is -2.27. The lowest BCUT2D eigenvalue weighted by atomic mass is 10.2. The molecule has 3 rings (SSSR count). The van der Waals surface area contributed by atoms with Gasteiger partial charge in [-0.2, -0.15) is 5.10 Å². The summed E-state index contributed by atoms with van der Waals surface area (Å²) in [5.74, 6) is 0.636. The zero-order valence-corrected chi connectivity index (χ0v) is 15.1. The quantitative estimate of drug-likeness (QED) is 0.392. The van der Waals surface area contributed by atoms with Gasteiger partial charge in [-0.05, 0) is 17.7 Å². The fourth-order valence-corrected chi connectivity index (χ4v) is 2.79. The maximum atomic E-state index is 11.6. The third-order valence-corrected chi connectivity index (χ3v) is 4.79. The van der Waals surface area contributed by atoms with E-state index in [1.54, 1.807) is 6.21 Å². The summed E-state index contributed by atoms with van der Waals surface area (Å²) in [6, 6.07) is 17.6. The zero-order valence-electron chi connectivity index (χ0n) is 13.5. The predicted molar refractivity (Wildman–Crippen MR) is 101 cm³/mol. The van der Waals surface area contributed by atoms with Crippen molar-refractivity contribution in [2.45, 2.75) is 17.5 Å². The molecular formula is C18H19BrN4O2. The van der Waals surface area contributed by atoms with Gasteiger partial charge in [0.15, 0.2) is 0 Å². The van der Waals surface area contributed by atoms with Crippen LogP contribution in [-0.4, -0.2) is 29.5 Å². The Morgan fingerprint density at radius 3 is 2.80 bits per heavy atom. The van der Waals surface area contributed by atoms with Gasteiger partial charge in [0.05, 0.1) is 12.3 Å². The van der Waals surface area contributed by atoms with E-state index in [9.17, 15) is 4.79 Å². The fourth-order valence-electron chi connectivity index (χ4n) is 2.37. The Morgan fingerprint density at radius 1 is 1.20 bits per heavy atom. The summed E-state index contributed by atoms with van der Waals surface area (Å²) in [5.41, 5.74) is 10.4. The predicted octanol–water partition coefficient (Wildman–Crippen LogP) is 1.96. The van der Waals surface area contributed by atoms with E-state index in [1.165, 1.54) is 0 Å². The molecular weight excluding hydrogens is 384 g/mol. The second-order valence-electron chi connectivity index (χ2n) is 5.58. The van der Waals surface area contributed by atoms with Crippen LogP contribution in [0.2, 0.25) is 0 Å². The molecule has 3 N–H and O–H groups in total. The maximum absolute atomic E-state index is 11.6. The van der Waals surface area contributed by atoms with Gasteiger partial charge in [-0.15, -0.1) is 0 Å². The van der Waals surface area contributed by atoms with E-state index >= 15 is 0 Å². The Morgan fingerprint density at radius 2 is 1.96 bits per heavy atom. The van der Waals surface area contributed by atoms with Crippen molar-refractivity contribution < 1.29 is 9.53 Å². The first-order valence-electron chi connectivity index (χ1n) is 7.95. The number of hydrazone groups is 1. The first-order valence-corrected chi connectivity index (χ1v) is 8.87. The number of rotatable bonds is 6. The van der Waals surface area contributed by atoms with E-state index in [1.807, 2.05) is 54.6 Å². The number of alkyl halides is 1. The molecule has 25 heavy (non-hydrogen) atoms. The summed E-state index contributed by atoms with van der Waals surface area (Å²) < 4.78 is 5.90. The Hall–Kier alpha value is -2.38. The number of hydrogen-bond acceptors (Lipinski definition) is 5. The topological polar surface area (TPSA) is 74.8 Å². The number of para-hydroxylation sites is 1. The third-order valence-electron chi connectivity index (χ3n) is 3.74. The highest BCUT2D eigenvalue weighted by atomic mass is 79.9. The van der Waals surface area contributed by atoms with E-state index in [2.05, 4.69) is 37.3 Å². The molecule has 1 fully saturated rings. The number of ether oxygens (including phenoxy) is 1. The zero-order chi connectivity index (χ0) is 17.5. The maximum Gasteiger partial charge on any atom is 0.250 e. The van der Waals surface area contributed by atoms with Crippen LogP contribution >= 0.6 is 15.9 Å². The second-order valence-corrected chi connectivity index (χ2v) is 6.56. The van der Waals surface area contributed by atoms with Gasteiger partial charge in [-0.3, -0.25) is 10.2 Å². The molecule has 0 saturated carbocycles. The summed E-state index contributed by atoms with van der Waals surface area (Å²) in [5, 5.41) is 4.26. The van der Waals surface area contributed by atoms with Crippen LogP contribution in [0.1, 0.15) is 11.1 Å². The molecule has 0 spiro atoms. The van der Waals surface area contributed by atoms with Crippen LogP contribution in [0.4, 0.5) is 0 Å². The first-order chi connectivity index (χ1) is 12.2. The third kappa shape index (κ3) is 4.80. The lowest BCUT2D eigenvalue weighted by molar-refractivity contribution is -0.123. The van der Waals surface area contributed by atoms with Gasteiger partial charge < -0.3 is 10.2 Å². The van der Waals surface area contributed by atoms with Gasteiger partial charge in [0.2, 0.25) is 5.91 Å². The van der Waals surface area contributed by atoms with Crippen LogP contribution in [0, 0.1) is 0 Å². The molecule has 0 aromatic heterocycles. The molecule has 6 nitrogen and oxygen atoms in total. The number of carbonyl (C=O) groups excluding carboxylic acids is 1. The van der Waals surface area contributed by atoms with E-state index in [-0.39, 0.29) is 16.8 Å². The Balaban J connectivity index is 1.61. The van der Waals surface area contributed by atoms with Crippen molar-refractivity contribution in [1.82, 2.24) is 16.3 Å².